The zero-order chi connectivity index (χ0) is 16.6. The summed E-state index contributed by atoms with van der Waals surface area (Å²) in [5.74, 6) is 0.868. The van der Waals surface area contributed by atoms with Crippen LogP contribution in [0, 0.1) is 6.92 Å². The average molecular weight is 474 g/mol. The first kappa shape index (κ1) is 22.6. The lowest BCUT2D eigenvalue weighted by molar-refractivity contribution is 0.461. The van der Waals surface area contributed by atoms with Gasteiger partial charge in [0.25, 0.3) is 0 Å². The first-order valence-corrected chi connectivity index (χ1v) is 9.75. The molecule has 2 N–H and O–H groups in total. The Balaban J connectivity index is 0.00000484. The van der Waals surface area contributed by atoms with Gasteiger partial charge >= 0.3 is 0 Å². The number of halogens is 1. The van der Waals surface area contributed by atoms with Crippen LogP contribution >= 0.6 is 35.3 Å². The van der Waals surface area contributed by atoms with Crippen molar-refractivity contribution in [1.82, 2.24) is 14.9 Å². The van der Waals surface area contributed by atoms with E-state index in [1.54, 1.807) is 32.4 Å². The van der Waals surface area contributed by atoms with Crippen molar-refractivity contribution < 1.29 is 8.42 Å². The highest BCUT2D eigenvalue weighted by molar-refractivity contribution is 14.0. The zero-order valence-corrected chi connectivity index (χ0v) is 18.1. The molecule has 0 bridgehead atoms. The Morgan fingerprint density at radius 2 is 2.04 bits per heavy atom. The highest BCUT2D eigenvalue weighted by Gasteiger charge is 2.13. The van der Waals surface area contributed by atoms with Crippen LogP contribution in [-0.4, -0.2) is 51.6 Å². The normalized spacial score (nSPS) is 12.1. The molecule has 1 rings (SSSR count). The molecule has 0 spiro atoms. The van der Waals surface area contributed by atoms with E-state index in [9.17, 15) is 8.42 Å². The second kappa shape index (κ2) is 11.2. The third-order valence-corrected chi connectivity index (χ3v) is 6.09. The summed E-state index contributed by atoms with van der Waals surface area (Å²) in [5.41, 5.74) is 0. The second-order valence-corrected chi connectivity index (χ2v) is 8.68. The van der Waals surface area contributed by atoms with E-state index in [0.29, 0.717) is 13.1 Å². The first-order valence-electron chi connectivity index (χ1n) is 7.33. The largest absolute Gasteiger partial charge is 0.356 e. The molecule has 0 saturated heterocycles. The number of nitrogens with one attached hydrogen (secondary N) is 2. The molecule has 0 unspecified atom stereocenters. The molecule has 0 radical (unpaired) electrons. The van der Waals surface area contributed by atoms with E-state index in [-0.39, 0.29) is 29.7 Å². The quantitative estimate of drug-likeness (QED) is 0.262. The third kappa shape index (κ3) is 8.32. The van der Waals surface area contributed by atoms with Crippen molar-refractivity contribution in [1.29, 1.82) is 0 Å². The minimum atomic E-state index is -3.09. The molecule has 0 aliphatic carbocycles. The van der Waals surface area contributed by atoms with Crippen molar-refractivity contribution in [2.45, 2.75) is 26.8 Å². The highest BCUT2D eigenvalue weighted by Crippen LogP contribution is 2.14. The first-order chi connectivity index (χ1) is 10.4. The molecule has 0 aromatic carbocycles. The SMILES string of the molecule is CCS(=O)(=O)N(C)CCCNC(=NC)NCc1ccc(C)s1.I. The molecule has 9 heteroatoms. The molecular formula is C14H27IN4O2S2. The van der Waals surface area contributed by atoms with Gasteiger partial charge in [-0.2, -0.15) is 0 Å². The lowest BCUT2D eigenvalue weighted by Crippen LogP contribution is -2.38. The number of nitrogens with zero attached hydrogens (tertiary/aromatic N) is 2. The van der Waals surface area contributed by atoms with Crippen molar-refractivity contribution in [2.75, 3.05) is 32.9 Å². The molecule has 23 heavy (non-hydrogen) atoms. The zero-order valence-electron chi connectivity index (χ0n) is 14.1. The molecule has 0 saturated carbocycles. The number of aryl methyl sites for hydroxylation is 1. The summed E-state index contributed by atoms with van der Waals surface area (Å²) in [6.45, 7) is 5.66. The van der Waals surface area contributed by atoms with Crippen LogP contribution < -0.4 is 10.6 Å². The Hall–Kier alpha value is -0.390. The van der Waals surface area contributed by atoms with Crippen molar-refractivity contribution in [3.05, 3.63) is 21.9 Å². The van der Waals surface area contributed by atoms with Gasteiger partial charge in [-0.1, -0.05) is 0 Å². The number of sulfonamides is 1. The number of thiophene rings is 1. The summed E-state index contributed by atoms with van der Waals surface area (Å²) in [6.07, 6.45) is 0.731. The molecule has 134 valence electrons. The Morgan fingerprint density at radius 3 is 2.57 bits per heavy atom. The van der Waals surface area contributed by atoms with Crippen LogP contribution in [0.2, 0.25) is 0 Å². The monoisotopic (exact) mass is 474 g/mol. The van der Waals surface area contributed by atoms with Crippen LogP contribution in [0.5, 0.6) is 0 Å². The van der Waals surface area contributed by atoms with Crippen LogP contribution in [0.15, 0.2) is 17.1 Å². The molecular weight excluding hydrogens is 447 g/mol. The molecule has 6 nitrogen and oxygen atoms in total. The second-order valence-electron chi connectivity index (χ2n) is 4.94. The van der Waals surface area contributed by atoms with Gasteiger partial charge in [-0.15, -0.1) is 35.3 Å². The fraction of sp³-hybridized carbons (Fsp3) is 0.643. The predicted octanol–water partition coefficient (Wildman–Crippen LogP) is 2.01. The summed E-state index contributed by atoms with van der Waals surface area (Å²) in [7, 11) is 0.254. The van der Waals surface area contributed by atoms with E-state index in [2.05, 4.69) is 34.7 Å². The smallest absolute Gasteiger partial charge is 0.213 e. The lowest BCUT2D eigenvalue weighted by atomic mass is 10.4. The maximum Gasteiger partial charge on any atom is 0.213 e. The fourth-order valence-corrected chi connectivity index (χ4v) is 3.52. The van der Waals surface area contributed by atoms with Crippen LogP contribution in [0.3, 0.4) is 0 Å². The van der Waals surface area contributed by atoms with Crippen molar-refractivity contribution >= 4 is 51.3 Å². The summed E-state index contributed by atoms with van der Waals surface area (Å²) in [6, 6.07) is 4.20. The topological polar surface area (TPSA) is 73.8 Å². The number of aliphatic imine (C=N–C) groups is 1. The predicted molar refractivity (Wildman–Crippen MR) is 109 cm³/mol. The molecule has 0 fully saturated rings. The van der Waals surface area contributed by atoms with Gasteiger partial charge in [0.15, 0.2) is 5.96 Å². The van der Waals surface area contributed by atoms with E-state index in [0.717, 1.165) is 18.9 Å². The van der Waals surface area contributed by atoms with Gasteiger partial charge in [-0.25, -0.2) is 12.7 Å². The minimum Gasteiger partial charge on any atom is -0.356 e. The Labute approximate surface area is 160 Å². The van der Waals surface area contributed by atoms with Gasteiger partial charge in [-0.3, -0.25) is 4.99 Å². The summed E-state index contributed by atoms with van der Waals surface area (Å²) >= 11 is 1.76. The minimum absolute atomic E-state index is 0. The molecule has 1 aromatic heterocycles. The summed E-state index contributed by atoms with van der Waals surface area (Å²) < 4.78 is 24.6. The maximum atomic E-state index is 11.6. The van der Waals surface area contributed by atoms with E-state index in [1.165, 1.54) is 14.1 Å². The van der Waals surface area contributed by atoms with Crippen LogP contribution in [0.25, 0.3) is 0 Å². The van der Waals surface area contributed by atoms with Gasteiger partial charge < -0.3 is 10.6 Å². The number of hydrogen-bond donors (Lipinski definition) is 2. The van der Waals surface area contributed by atoms with Gasteiger partial charge in [0.05, 0.1) is 12.3 Å². The van der Waals surface area contributed by atoms with Gasteiger partial charge in [0.2, 0.25) is 10.0 Å². The number of guanidine groups is 1. The van der Waals surface area contributed by atoms with Crippen LogP contribution in [-0.2, 0) is 16.6 Å². The molecule has 0 aliphatic rings. The molecule has 0 amide bonds. The van der Waals surface area contributed by atoms with Crippen molar-refractivity contribution in [2.24, 2.45) is 4.99 Å². The van der Waals surface area contributed by atoms with Crippen molar-refractivity contribution in [3.63, 3.8) is 0 Å². The maximum absolute atomic E-state index is 11.6. The Bertz CT molecular complexity index is 587. The van der Waals surface area contributed by atoms with Gasteiger partial charge in [-0.05, 0) is 32.4 Å². The van der Waals surface area contributed by atoms with E-state index in [4.69, 9.17) is 0 Å². The summed E-state index contributed by atoms with van der Waals surface area (Å²) in [4.78, 5) is 6.71. The molecule has 0 aliphatic heterocycles. The highest BCUT2D eigenvalue weighted by atomic mass is 127. The van der Waals surface area contributed by atoms with E-state index < -0.39 is 10.0 Å². The van der Waals surface area contributed by atoms with Gasteiger partial charge in [0.1, 0.15) is 0 Å². The van der Waals surface area contributed by atoms with Gasteiger partial charge in [0, 0.05) is 36.9 Å². The Morgan fingerprint density at radius 1 is 1.35 bits per heavy atom. The number of hydrogen-bond acceptors (Lipinski definition) is 4. The standard InChI is InChI=1S/C14H26N4O2S2.HI/c1-5-22(19,20)18(4)10-6-9-16-14(15-3)17-11-13-8-7-12(2)21-13;/h7-8H,5-6,9-11H2,1-4H3,(H2,15,16,17);1H. The Kier molecular flexibility index (Phi) is 11.0. The van der Waals surface area contributed by atoms with E-state index >= 15 is 0 Å². The average Bonchev–Trinajstić information content (AvgIpc) is 2.91. The van der Waals surface area contributed by atoms with Crippen LogP contribution in [0.1, 0.15) is 23.1 Å². The fourth-order valence-electron chi connectivity index (χ4n) is 1.84. The van der Waals surface area contributed by atoms with E-state index in [1.807, 2.05) is 0 Å². The number of rotatable bonds is 8. The molecule has 0 atom stereocenters. The van der Waals surface area contributed by atoms with Crippen molar-refractivity contribution in [3.8, 4) is 0 Å². The third-order valence-electron chi connectivity index (χ3n) is 3.23. The summed E-state index contributed by atoms with van der Waals surface area (Å²) in [5, 5.41) is 6.44. The van der Waals surface area contributed by atoms with Crippen LogP contribution in [0.4, 0.5) is 0 Å². The molecule has 1 heterocycles. The lowest BCUT2D eigenvalue weighted by Gasteiger charge is -2.16. The molecule has 1 aromatic rings.